The topological polar surface area (TPSA) is 95.1 Å². The van der Waals surface area contributed by atoms with Gasteiger partial charge in [0.2, 0.25) is 0 Å². The molecule has 1 heterocycles. The van der Waals surface area contributed by atoms with E-state index in [1.807, 2.05) is 6.92 Å². The molecule has 2 aromatic rings. The summed E-state index contributed by atoms with van der Waals surface area (Å²) in [6.45, 7) is 1.84. The number of hydrogen-bond acceptors (Lipinski definition) is 3. The summed E-state index contributed by atoms with van der Waals surface area (Å²) in [6.07, 6.45) is 0.987. The second kappa shape index (κ2) is 6.84. The van der Waals surface area contributed by atoms with E-state index in [0.29, 0.717) is 24.1 Å². The number of rotatable bonds is 6. The summed E-state index contributed by atoms with van der Waals surface area (Å²) >= 11 is 0. The van der Waals surface area contributed by atoms with Gasteiger partial charge in [0.05, 0.1) is 5.69 Å². The molecular weight excluding hydrogens is 289 g/mol. The fourth-order valence-electron chi connectivity index (χ4n) is 1.99. The van der Waals surface area contributed by atoms with Crippen molar-refractivity contribution in [2.45, 2.75) is 25.8 Å². The van der Waals surface area contributed by atoms with E-state index in [4.69, 9.17) is 5.11 Å². The number of benzene rings is 1. The van der Waals surface area contributed by atoms with Gasteiger partial charge in [-0.2, -0.15) is 5.10 Å². The van der Waals surface area contributed by atoms with E-state index in [-0.39, 0.29) is 11.5 Å². The largest absolute Gasteiger partial charge is 0.480 e. The van der Waals surface area contributed by atoms with Crippen LogP contribution in [0.2, 0.25) is 0 Å². The minimum atomic E-state index is -1.08. The molecular formula is C15H16FN3O3. The molecule has 0 saturated heterocycles. The Bertz CT molecular complexity index is 667. The Balaban J connectivity index is 2.11. The van der Waals surface area contributed by atoms with Gasteiger partial charge >= 0.3 is 5.97 Å². The number of aromatic amines is 1. The Hall–Kier alpha value is -2.70. The number of aromatic nitrogens is 2. The summed E-state index contributed by atoms with van der Waals surface area (Å²) in [5, 5.41) is 18.0. The lowest BCUT2D eigenvalue weighted by molar-refractivity contribution is -0.139. The molecule has 22 heavy (non-hydrogen) atoms. The number of carboxylic acid groups (broad SMARTS) is 1. The van der Waals surface area contributed by atoms with Gasteiger partial charge in [-0.3, -0.25) is 9.89 Å². The van der Waals surface area contributed by atoms with E-state index in [2.05, 4.69) is 15.5 Å². The summed E-state index contributed by atoms with van der Waals surface area (Å²) in [5.74, 6) is -1.98. The number of nitrogens with one attached hydrogen (secondary N) is 2. The van der Waals surface area contributed by atoms with Gasteiger partial charge in [-0.05, 0) is 36.8 Å². The van der Waals surface area contributed by atoms with Gasteiger partial charge in [0, 0.05) is 5.56 Å². The molecule has 116 valence electrons. The molecule has 0 bridgehead atoms. The van der Waals surface area contributed by atoms with Crippen LogP contribution in [-0.2, 0) is 4.79 Å². The zero-order valence-electron chi connectivity index (χ0n) is 12.0. The van der Waals surface area contributed by atoms with E-state index in [1.54, 1.807) is 12.1 Å². The monoisotopic (exact) mass is 305 g/mol. The molecule has 1 unspecified atom stereocenters. The number of hydrogen-bond donors (Lipinski definition) is 3. The molecule has 0 spiro atoms. The van der Waals surface area contributed by atoms with Crippen LogP contribution in [0, 0.1) is 5.82 Å². The molecule has 0 aliphatic heterocycles. The van der Waals surface area contributed by atoms with Crippen LogP contribution >= 0.6 is 0 Å². The van der Waals surface area contributed by atoms with Crippen LogP contribution in [0.4, 0.5) is 4.39 Å². The standard InChI is InChI=1S/C15H16FN3O3/c1-2-3-11(15(21)22)17-14(20)13-8-12(18-19-13)9-4-6-10(16)7-5-9/h4-8,11H,2-3H2,1H3,(H,17,20)(H,18,19)(H,21,22). The zero-order valence-corrected chi connectivity index (χ0v) is 12.0. The second-order valence-corrected chi connectivity index (χ2v) is 4.83. The molecule has 7 heteroatoms. The van der Waals surface area contributed by atoms with Crippen molar-refractivity contribution in [2.24, 2.45) is 0 Å². The van der Waals surface area contributed by atoms with Gasteiger partial charge in [0.15, 0.2) is 0 Å². The van der Waals surface area contributed by atoms with Crippen molar-refractivity contribution < 1.29 is 19.1 Å². The molecule has 0 saturated carbocycles. The van der Waals surface area contributed by atoms with Crippen LogP contribution in [0.25, 0.3) is 11.3 Å². The molecule has 0 aliphatic carbocycles. The summed E-state index contributed by atoms with van der Waals surface area (Å²) in [7, 11) is 0. The zero-order chi connectivity index (χ0) is 16.1. The van der Waals surface area contributed by atoms with Gasteiger partial charge in [0.25, 0.3) is 5.91 Å². The van der Waals surface area contributed by atoms with Crippen LogP contribution in [0.15, 0.2) is 30.3 Å². The van der Waals surface area contributed by atoms with Crippen LogP contribution in [-0.4, -0.2) is 33.2 Å². The number of carbonyl (C=O) groups excluding carboxylic acids is 1. The Morgan fingerprint density at radius 2 is 2.05 bits per heavy atom. The molecule has 6 nitrogen and oxygen atoms in total. The summed E-state index contributed by atoms with van der Waals surface area (Å²) in [4.78, 5) is 23.1. The van der Waals surface area contributed by atoms with Crippen molar-refractivity contribution in [3.05, 3.63) is 41.8 Å². The van der Waals surface area contributed by atoms with Gasteiger partial charge in [-0.25, -0.2) is 9.18 Å². The molecule has 0 fully saturated rings. The maximum Gasteiger partial charge on any atom is 0.326 e. The molecule has 1 aromatic heterocycles. The Kier molecular flexibility index (Phi) is 4.88. The van der Waals surface area contributed by atoms with Gasteiger partial charge in [-0.1, -0.05) is 13.3 Å². The maximum absolute atomic E-state index is 12.9. The Morgan fingerprint density at radius 3 is 2.64 bits per heavy atom. The third kappa shape index (κ3) is 3.69. The first-order valence-electron chi connectivity index (χ1n) is 6.86. The van der Waals surface area contributed by atoms with E-state index in [0.717, 1.165) is 0 Å². The first kappa shape index (κ1) is 15.7. The minimum Gasteiger partial charge on any atom is -0.480 e. The highest BCUT2D eigenvalue weighted by atomic mass is 19.1. The molecule has 1 aromatic carbocycles. The van der Waals surface area contributed by atoms with Crippen molar-refractivity contribution >= 4 is 11.9 Å². The highest BCUT2D eigenvalue weighted by molar-refractivity contribution is 5.95. The van der Waals surface area contributed by atoms with Gasteiger partial charge < -0.3 is 10.4 Å². The fraction of sp³-hybridized carbons (Fsp3) is 0.267. The third-order valence-electron chi connectivity index (χ3n) is 3.14. The predicted octanol–water partition coefficient (Wildman–Crippen LogP) is 2.20. The lowest BCUT2D eigenvalue weighted by Crippen LogP contribution is -2.40. The average Bonchev–Trinajstić information content (AvgIpc) is 2.97. The molecule has 3 N–H and O–H groups in total. The fourth-order valence-corrected chi connectivity index (χ4v) is 1.99. The van der Waals surface area contributed by atoms with Gasteiger partial charge in [0.1, 0.15) is 17.6 Å². The second-order valence-electron chi connectivity index (χ2n) is 4.83. The number of carbonyl (C=O) groups is 2. The van der Waals surface area contributed by atoms with Crippen molar-refractivity contribution in [1.29, 1.82) is 0 Å². The summed E-state index contributed by atoms with van der Waals surface area (Å²) in [6, 6.07) is 6.24. The third-order valence-corrected chi connectivity index (χ3v) is 3.14. The normalized spacial score (nSPS) is 11.9. The highest BCUT2D eigenvalue weighted by Gasteiger charge is 2.20. The molecule has 1 amide bonds. The highest BCUT2D eigenvalue weighted by Crippen LogP contribution is 2.18. The molecule has 2 rings (SSSR count). The van der Waals surface area contributed by atoms with Gasteiger partial charge in [-0.15, -0.1) is 0 Å². The van der Waals surface area contributed by atoms with E-state index in [1.165, 1.54) is 18.2 Å². The molecule has 1 atom stereocenters. The lowest BCUT2D eigenvalue weighted by atomic mass is 10.1. The van der Waals surface area contributed by atoms with Crippen molar-refractivity contribution in [1.82, 2.24) is 15.5 Å². The predicted molar refractivity (Wildman–Crippen MR) is 77.8 cm³/mol. The smallest absolute Gasteiger partial charge is 0.326 e. The molecule has 0 aliphatic rings. The summed E-state index contributed by atoms with van der Waals surface area (Å²) in [5.41, 5.74) is 1.29. The number of H-pyrrole nitrogens is 1. The summed E-state index contributed by atoms with van der Waals surface area (Å²) < 4.78 is 12.9. The molecule has 0 radical (unpaired) electrons. The Morgan fingerprint density at radius 1 is 1.36 bits per heavy atom. The number of carboxylic acids is 1. The minimum absolute atomic E-state index is 0.154. The van der Waals surface area contributed by atoms with Crippen molar-refractivity contribution in [2.75, 3.05) is 0 Å². The number of halogens is 1. The number of aliphatic carboxylic acids is 1. The van der Waals surface area contributed by atoms with E-state index >= 15 is 0 Å². The van der Waals surface area contributed by atoms with Crippen LogP contribution in [0.5, 0.6) is 0 Å². The van der Waals surface area contributed by atoms with E-state index in [9.17, 15) is 14.0 Å². The SMILES string of the molecule is CCCC(NC(=O)c1cc(-c2ccc(F)cc2)n[nH]1)C(=O)O. The van der Waals surface area contributed by atoms with Crippen LogP contribution in [0.3, 0.4) is 0 Å². The van der Waals surface area contributed by atoms with E-state index < -0.39 is 17.9 Å². The first-order chi connectivity index (χ1) is 10.5. The number of nitrogens with zero attached hydrogens (tertiary/aromatic N) is 1. The van der Waals surface area contributed by atoms with Crippen molar-refractivity contribution in [3.63, 3.8) is 0 Å². The maximum atomic E-state index is 12.9. The Labute approximate surface area is 126 Å². The van der Waals surface area contributed by atoms with Crippen LogP contribution < -0.4 is 5.32 Å². The first-order valence-corrected chi connectivity index (χ1v) is 6.86. The average molecular weight is 305 g/mol. The number of amides is 1. The van der Waals surface area contributed by atoms with Crippen LogP contribution in [0.1, 0.15) is 30.3 Å². The quantitative estimate of drug-likeness (QED) is 0.762. The lowest BCUT2D eigenvalue weighted by Gasteiger charge is -2.12. The van der Waals surface area contributed by atoms with Crippen molar-refractivity contribution in [3.8, 4) is 11.3 Å².